The van der Waals surface area contributed by atoms with Crippen molar-refractivity contribution in [1.29, 1.82) is 0 Å². The fraction of sp³-hybridized carbons (Fsp3) is 0.556. The van der Waals surface area contributed by atoms with Crippen molar-refractivity contribution in [2.75, 3.05) is 0 Å². The van der Waals surface area contributed by atoms with E-state index in [0.717, 1.165) is 10.6 Å². The molecular weight excluding hydrogens is 170 g/mol. The van der Waals surface area contributed by atoms with Crippen molar-refractivity contribution in [2.24, 2.45) is 0 Å². The number of ketones is 1. The largest absolute Gasteiger partial charge is 0.292 e. The maximum Gasteiger partial charge on any atom is 0.188 e. The smallest absolute Gasteiger partial charge is 0.188 e. The third-order valence-electron chi connectivity index (χ3n) is 1.68. The summed E-state index contributed by atoms with van der Waals surface area (Å²) in [7, 11) is 0. The average Bonchev–Trinajstić information content (AvgIpc) is 2.30. The van der Waals surface area contributed by atoms with E-state index in [2.05, 4.69) is 18.8 Å². The number of nitrogens with zero attached hydrogens (tertiary/aromatic N) is 1. The van der Waals surface area contributed by atoms with Crippen LogP contribution in [0.3, 0.4) is 0 Å². The molecule has 0 aliphatic heterocycles. The third kappa shape index (κ3) is 1.72. The summed E-state index contributed by atoms with van der Waals surface area (Å²) in [6, 6.07) is 0. The first-order chi connectivity index (χ1) is 5.52. The number of aromatic nitrogens is 1. The van der Waals surface area contributed by atoms with Crippen LogP contribution in [0.15, 0.2) is 0 Å². The highest BCUT2D eigenvalue weighted by Gasteiger charge is 2.12. The van der Waals surface area contributed by atoms with Gasteiger partial charge in [0.1, 0.15) is 0 Å². The van der Waals surface area contributed by atoms with Gasteiger partial charge in [-0.15, -0.1) is 11.3 Å². The lowest BCUT2D eigenvalue weighted by Gasteiger charge is -1.99. The Morgan fingerprint density at radius 1 is 1.50 bits per heavy atom. The van der Waals surface area contributed by atoms with Crippen molar-refractivity contribution >= 4 is 17.1 Å². The Bertz CT molecular complexity index is 301. The highest BCUT2D eigenvalue weighted by Crippen LogP contribution is 2.23. The summed E-state index contributed by atoms with van der Waals surface area (Å²) in [4.78, 5) is 16.4. The molecule has 1 aromatic rings. The molecule has 12 heavy (non-hydrogen) atoms. The van der Waals surface area contributed by atoms with Crippen LogP contribution < -0.4 is 0 Å². The van der Waals surface area contributed by atoms with Crippen LogP contribution in [0.4, 0.5) is 0 Å². The molecule has 0 fully saturated rings. The van der Waals surface area contributed by atoms with E-state index in [-0.39, 0.29) is 5.78 Å². The van der Waals surface area contributed by atoms with Crippen molar-refractivity contribution in [3.63, 3.8) is 0 Å². The van der Waals surface area contributed by atoms with Crippen LogP contribution in [0.1, 0.15) is 47.1 Å². The van der Waals surface area contributed by atoms with E-state index in [9.17, 15) is 4.79 Å². The Labute approximate surface area is 76.6 Å². The molecule has 0 bridgehead atoms. The zero-order valence-corrected chi connectivity index (χ0v) is 8.66. The molecule has 1 heterocycles. The van der Waals surface area contributed by atoms with Gasteiger partial charge >= 0.3 is 0 Å². The van der Waals surface area contributed by atoms with E-state index < -0.39 is 0 Å². The number of carbonyl (C=O) groups excluding carboxylic acids is 1. The van der Waals surface area contributed by atoms with Crippen LogP contribution in [-0.2, 0) is 0 Å². The van der Waals surface area contributed by atoms with Gasteiger partial charge in [-0.1, -0.05) is 13.8 Å². The van der Waals surface area contributed by atoms with Crippen molar-refractivity contribution in [2.45, 2.75) is 33.6 Å². The predicted octanol–water partition coefficient (Wildman–Crippen LogP) is 2.78. The standard InChI is InChI=1S/C9H13NOS/c1-5(2)8-7(4)12-9(10-8)6(3)11/h5H,1-4H3. The Morgan fingerprint density at radius 2 is 2.08 bits per heavy atom. The number of Topliss-reactive ketones (excluding diaryl/α,β-unsaturated/α-hetero) is 1. The van der Waals surface area contributed by atoms with Gasteiger partial charge < -0.3 is 0 Å². The molecule has 0 aromatic carbocycles. The van der Waals surface area contributed by atoms with Crippen LogP contribution in [0.2, 0.25) is 0 Å². The summed E-state index contributed by atoms with van der Waals surface area (Å²) in [6.07, 6.45) is 0. The fourth-order valence-corrected chi connectivity index (χ4v) is 2.06. The van der Waals surface area contributed by atoms with Crippen LogP contribution in [0, 0.1) is 6.92 Å². The number of hydrogen-bond donors (Lipinski definition) is 0. The van der Waals surface area contributed by atoms with Crippen LogP contribution in [0.25, 0.3) is 0 Å². The number of rotatable bonds is 2. The number of thiazole rings is 1. The Balaban J connectivity index is 3.09. The molecule has 0 N–H and O–H groups in total. The van der Waals surface area contributed by atoms with Crippen molar-refractivity contribution in [3.8, 4) is 0 Å². The minimum Gasteiger partial charge on any atom is -0.292 e. The Kier molecular flexibility index (Phi) is 2.62. The zero-order valence-electron chi connectivity index (χ0n) is 7.84. The molecular formula is C9H13NOS. The molecule has 1 aromatic heterocycles. The van der Waals surface area contributed by atoms with E-state index in [0.29, 0.717) is 10.9 Å². The van der Waals surface area contributed by atoms with Gasteiger partial charge in [0.05, 0.1) is 5.69 Å². The summed E-state index contributed by atoms with van der Waals surface area (Å²) in [5.74, 6) is 0.476. The normalized spacial score (nSPS) is 10.8. The van der Waals surface area contributed by atoms with Crippen molar-refractivity contribution < 1.29 is 4.79 Å². The Morgan fingerprint density at radius 3 is 2.33 bits per heavy atom. The van der Waals surface area contributed by atoms with E-state index in [1.807, 2.05) is 6.92 Å². The van der Waals surface area contributed by atoms with Gasteiger partial charge in [0.25, 0.3) is 0 Å². The highest BCUT2D eigenvalue weighted by atomic mass is 32.1. The first-order valence-corrected chi connectivity index (χ1v) is 4.82. The molecule has 0 saturated carbocycles. The first-order valence-electron chi connectivity index (χ1n) is 4.00. The zero-order chi connectivity index (χ0) is 9.30. The SMILES string of the molecule is CC(=O)c1nc(C(C)C)c(C)s1. The molecule has 0 spiro atoms. The van der Waals surface area contributed by atoms with E-state index in [1.165, 1.54) is 11.3 Å². The van der Waals surface area contributed by atoms with Gasteiger partial charge in [-0.2, -0.15) is 0 Å². The quantitative estimate of drug-likeness (QED) is 0.660. The molecule has 3 heteroatoms. The van der Waals surface area contributed by atoms with Gasteiger partial charge in [-0.3, -0.25) is 4.79 Å². The van der Waals surface area contributed by atoms with Gasteiger partial charge in [0.15, 0.2) is 10.8 Å². The molecule has 0 radical (unpaired) electrons. The monoisotopic (exact) mass is 183 g/mol. The minimum absolute atomic E-state index is 0.0648. The summed E-state index contributed by atoms with van der Waals surface area (Å²) >= 11 is 1.49. The Hall–Kier alpha value is -0.700. The second-order valence-electron chi connectivity index (χ2n) is 3.17. The summed E-state index contributed by atoms with van der Waals surface area (Å²) in [5, 5.41) is 0.635. The lowest BCUT2D eigenvalue weighted by Crippen LogP contribution is -1.93. The summed E-state index contributed by atoms with van der Waals surface area (Å²) < 4.78 is 0. The molecule has 66 valence electrons. The third-order valence-corrected chi connectivity index (χ3v) is 2.77. The number of carbonyl (C=O) groups is 1. The minimum atomic E-state index is 0.0648. The topological polar surface area (TPSA) is 30.0 Å². The van der Waals surface area contributed by atoms with Crippen molar-refractivity contribution in [3.05, 3.63) is 15.6 Å². The highest BCUT2D eigenvalue weighted by molar-refractivity contribution is 7.13. The summed E-state index contributed by atoms with van der Waals surface area (Å²) in [6.45, 7) is 7.75. The summed E-state index contributed by atoms with van der Waals surface area (Å²) in [5.41, 5.74) is 1.06. The van der Waals surface area contributed by atoms with Crippen LogP contribution in [-0.4, -0.2) is 10.8 Å². The number of hydrogen-bond acceptors (Lipinski definition) is 3. The van der Waals surface area contributed by atoms with Crippen LogP contribution >= 0.6 is 11.3 Å². The van der Waals surface area contributed by atoms with E-state index >= 15 is 0 Å². The predicted molar refractivity (Wildman–Crippen MR) is 50.9 cm³/mol. The maximum absolute atomic E-state index is 11.0. The second kappa shape index (κ2) is 3.35. The number of aryl methyl sites for hydroxylation is 1. The first kappa shape index (κ1) is 9.39. The van der Waals surface area contributed by atoms with Gasteiger partial charge in [-0.05, 0) is 12.8 Å². The molecule has 0 saturated heterocycles. The lowest BCUT2D eigenvalue weighted by molar-refractivity contribution is 0.101. The van der Waals surface area contributed by atoms with Gasteiger partial charge in [0.2, 0.25) is 0 Å². The molecule has 0 aliphatic rings. The van der Waals surface area contributed by atoms with Gasteiger partial charge in [-0.25, -0.2) is 4.98 Å². The molecule has 1 rings (SSSR count). The van der Waals surface area contributed by atoms with E-state index in [1.54, 1.807) is 6.92 Å². The van der Waals surface area contributed by atoms with Gasteiger partial charge in [0, 0.05) is 11.8 Å². The average molecular weight is 183 g/mol. The maximum atomic E-state index is 11.0. The molecule has 0 amide bonds. The second-order valence-corrected chi connectivity index (χ2v) is 4.37. The fourth-order valence-electron chi connectivity index (χ4n) is 1.09. The molecule has 2 nitrogen and oxygen atoms in total. The van der Waals surface area contributed by atoms with Crippen molar-refractivity contribution in [1.82, 2.24) is 4.98 Å². The van der Waals surface area contributed by atoms with E-state index in [4.69, 9.17) is 0 Å². The molecule has 0 atom stereocenters. The molecule has 0 unspecified atom stereocenters. The molecule has 0 aliphatic carbocycles. The van der Waals surface area contributed by atoms with Crippen LogP contribution in [0.5, 0.6) is 0 Å². The lowest BCUT2D eigenvalue weighted by atomic mass is 10.1.